The Labute approximate surface area is 197 Å². The summed E-state index contributed by atoms with van der Waals surface area (Å²) in [6, 6.07) is 21.0. The van der Waals surface area contributed by atoms with Gasteiger partial charge in [0.15, 0.2) is 5.96 Å². The number of hydrogen-bond donors (Lipinski definition) is 3. The highest BCUT2D eigenvalue weighted by molar-refractivity contribution is 6.31. The van der Waals surface area contributed by atoms with Crippen LogP contribution in [0, 0.1) is 0 Å². The van der Waals surface area contributed by atoms with Gasteiger partial charge >= 0.3 is 5.97 Å². The number of halogens is 1. The lowest BCUT2D eigenvalue weighted by Crippen LogP contribution is -2.26. The third kappa shape index (κ3) is 7.08. The molecule has 0 aromatic heterocycles. The standard InChI is InChI=1S/C25H25ClN4O3/c1-16(17-5-3-2-4-6-17)29-23(31)14-10-18-9-13-21(15-22(18)26)33-24(32)19-7-11-20(12-8-19)30-25(27)28/h2-9,11-13,15-16H,10,14H2,1H3,(H,29,31)(H4,27,28,30)/t16-/m0/s1. The van der Waals surface area contributed by atoms with Gasteiger partial charge in [0.25, 0.3) is 0 Å². The van der Waals surface area contributed by atoms with Crippen LogP contribution in [0.15, 0.2) is 77.8 Å². The molecule has 5 N–H and O–H groups in total. The Kier molecular flexibility index (Phi) is 8.05. The van der Waals surface area contributed by atoms with Crippen molar-refractivity contribution in [1.29, 1.82) is 0 Å². The fourth-order valence-electron chi connectivity index (χ4n) is 3.17. The molecule has 0 aliphatic carbocycles. The molecular weight excluding hydrogens is 440 g/mol. The maximum absolute atomic E-state index is 12.4. The van der Waals surface area contributed by atoms with Crippen LogP contribution in [0.3, 0.4) is 0 Å². The van der Waals surface area contributed by atoms with Gasteiger partial charge in [0.05, 0.1) is 17.3 Å². The summed E-state index contributed by atoms with van der Waals surface area (Å²) < 4.78 is 5.40. The van der Waals surface area contributed by atoms with Gasteiger partial charge in [-0.15, -0.1) is 0 Å². The smallest absolute Gasteiger partial charge is 0.343 e. The molecule has 0 bridgehead atoms. The summed E-state index contributed by atoms with van der Waals surface area (Å²) in [5.74, 6) is -0.362. The minimum Gasteiger partial charge on any atom is -0.423 e. The van der Waals surface area contributed by atoms with E-state index in [4.69, 9.17) is 27.8 Å². The molecule has 0 radical (unpaired) electrons. The molecule has 0 heterocycles. The fraction of sp³-hybridized carbons (Fsp3) is 0.160. The van der Waals surface area contributed by atoms with Crippen LogP contribution in [-0.2, 0) is 11.2 Å². The molecule has 0 fully saturated rings. The first-order valence-corrected chi connectivity index (χ1v) is 10.7. The number of hydrogen-bond acceptors (Lipinski definition) is 4. The lowest BCUT2D eigenvalue weighted by atomic mass is 10.1. The van der Waals surface area contributed by atoms with Crippen molar-refractivity contribution in [3.05, 3.63) is 94.5 Å². The van der Waals surface area contributed by atoms with Gasteiger partial charge in [0, 0.05) is 11.4 Å². The Hall–Kier alpha value is -3.84. The maximum atomic E-state index is 12.4. The molecule has 0 saturated carbocycles. The molecule has 1 amide bonds. The van der Waals surface area contributed by atoms with Crippen molar-refractivity contribution in [3.8, 4) is 5.75 Å². The van der Waals surface area contributed by atoms with Crippen molar-refractivity contribution in [2.24, 2.45) is 16.5 Å². The molecule has 0 aliphatic rings. The second-order valence-electron chi connectivity index (χ2n) is 7.43. The first kappa shape index (κ1) is 23.8. The number of guanidine groups is 1. The molecule has 3 aromatic rings. The third-order valence-electron chi connectivity index (χ3n) is 4.89. The highest BCUT2D eigenvalue weighted by Crippen LogP contribution is 2.25. The Bertz CT molecular complexity index is 1140. The molecule has 0 spiro atoms. The zero-order valence-electron chi connectivity index (χ0n) is 18.1. The SMILES string of the molecule is C[C@H](NC(=O)CCc1ccc(OC(=O)c2ccc(N=C(N)N)cc2)cc1Cl)c1ccccc1. The molecule has 1 atom stereocenters. The van der Waals surface area contributed by atoms with Crippen molar-refractivity contribution in [2.75, 3.05) is 0 Å². The quantitative estimate of drug-likeness (QED) is 0.199. The molecule has 8 heteroatoms. The van der Waals surface area contributed by atoms with Crippen LogP contribution in [0.2, 0.25) is 5.02 Å². The highest BCUT2D eigenvalue weighted by Gasteiger charge is 2.13. The van der Waals surface area contributed by atoms with E-state index >= 15 is 0 Å². The number of benzene rings is 3. The lowest BCUT2D eigenvalue weighted by Gasteiger charge is -2.14. The molecule has 3 aromatic carbocycles. The fourth-order valence-corrected chi connectivity index (χ4v) is 3.43. The van der Waals surface area contributed by atoms with E-state index in [1.54, 1.807) is 42.5 Å². The van der Waals surface area contributed by atoms with E-state index in [-0.39, 0.29) is 24.3 Å². The largest absolute Gasteiger partial charge is 0.423 e. The number of aryl methyl sites for hydroxylation is 1. The average Bonchev–Trinajstić information content (AvgIpc) is 2.79. The molecule has 0 saturated heterocycles. The second-order valence-corrected chi connectivity index (χ2v) is 7.83. The van der Waals surface area contributed by atoms with E-state index in [1.807, 2.05) is 37.3 Å². The number of ether oxygens (including phenoxy) is 1. The monoisotopic (exact) mass is 464 g/mol. The summed E-state index contributed by atoms with van der Waals surface area (Å²) in [7, 11) is 0. The van der Waals surface area contributed by atoms with Gasteiger partial charge in [-0.1, -0.05) is 48.0 Å². The predicted octanol–water partition coefficient (Wildman–Crippen LogP) is 4.27. The van der Waals surface area contributed by atoms with Gasteiger partial charge in [-0.2, -0.15) is 0 Å². The molecule has 0 unspecified atom stereocenters. The second kappa shape index (κ2) is 11.2. The summed E-state index contributed by atoms with van der Waals surface area (Å²) in [6.07, 6.45) is 0.755. The van der Waals surface area contributed by atoms with E-state index in [0.717, 1.165) is 11.1 Å². The molecule has 0 aliphatic heterocycles. The van der Waals surface area contributed by atoms with Crippen LogP contribution >= 0.6 is 11.6 Å². The molecular formula is C25H25ClN4O3. The Morgan fingerprint density at radius 2 is 1.73 bits per heavy atom. The van der Waals surface area contributed by atoms with E-state index in [2.05, 4.69) is 10.3 Å². The summed E-state index contributed by atoms with van der Waals surface area (Å²) in [4.78, 5) is 28.6. The zero-order chi connectivity index (χ0) is 23.8. The van der Waals surface area contributed by atoms with Crippen LogP contribution in [0.4, 0.5) is 5.69 Å². The molecule has 7 nitrogen and oxygen atoms in total. The minimum atomic E-state index is -0.538. The van der Waals surface area contributed by atoms with Crippen molar-refractivity contribution < 1.29 is 14.3 Å². The third-order valence-corrected chi connectivity index (χ3v) is 5.25. The van der Waals surface area contributed by atoms with Crippen molar-refractivity contribution in [2.45, 2.75) is 25.8 Å². The van der Waals surface area contributed by atoms with Crippen LogP contribution in [0.5, 0.6) is 5.75 Å². The number of esters is 1. The van der Waals surface area contributed by atoms with Crippen LogP contribution in [0.1, 0.15) is 40.9 Å². The van der Waals surface area contributed by atoms with Crippen molar-refractivity contribution in [3.63, 3.8) is 0 Å². The first-order valence-electron chi connectivity index (χ1n) is 10.4. The number of nitrogens with one attached hydrogen (secondary N) is 1. The summed E-state index contributed by atoms with van der Waals surface area (Å²) >= 11 is 6.35. The lowest BCUT2D eigenvalue weighted by molar-refractivity contribution is -0.121. The van der Waals surface area contributed by atoms with Gasteiger partial charge in [0.2, 0.25) is 5.91 Å². The highest BCUT2D eigenvalue weighted by atomic mass is 35.5. The van der Waals surface area contributed by atoms with Crippen molar-refractivity contribution >= 4 is 35.1 Å². The molecule has 3 rings (SSSR count). The summed E-state index contributed by atoms with van der Waals surface area (Å²) in [5.41, 5.74) is 13.4. The normalized spacial score (nSPS) is 11.3. The topological polar surface area (TPSA) is 120 Å². The number of carbonyl (C=O) groups is 2. The minimum absolute atomic E-state index is 0.0664. The van der Waals surface area contributed by atoms with Crippen LogP contribution in [-0.4, -0.2) is 17.8 Å². The average molecular weight is 465 g/mol. The van der Waals surface area contributed by atoms with E-state index in [1.165, 1.54) is 0 Å². The number of carbonyl (C=O) groups excluding carboxylic acids is 2. The Balaban J connectivity index is 1.54. The van der Waals surface area contributed by atoms with Gasteiger partial charge in [-0.25, -0.2) is 9.79 Å². The zero-order valence-corrected chi connectivity index (χ0v) is 18.9. The van der Waals surface area contributed by atoms with Gasteiger partial charge < -0.3 is 21.5 Å². The number of nitrogens with two attached hydrogens (primary N) is 2. The predicted molar refractivity (Wildman–Crippen MR) is 130 cm³/mol. The van der Waals surface area contributed by atoms with E-state index < -0.39 is 5.97 Å². The summed E-state index contributed by atoms with van der Waals surface area (Å²) in [5, 5.41) is 3.41. The molecule has 170 valence electrons. The van der Waals surface area contributed by atoms with Gasteiger partial charge in [0.1, 0.15) is 5.75 Å². The van der Waals surface area contributed by atoms with E-state index in [9.17, 15) is 9.59 Å². The Morgan fingerprint density at radius 1 is 1.03 bits per heavy atom. The van der Waals surface area contributed by atoms with Crippen molar-refractivity contribution in [1.82, 2.24) is 5.32 Å². The van der Waals surface area contributed by atoms with Crippen LogP contribution < -0.4 is 21.5 Å². The Morgan fingerprint density at radius 3 is 2.36 bits per heavy atom. The van der Waals surface area contributed by atoms with E-state index in [0.29, 0.717) is 28.4 Å². The van der Waals surface area contributed by atoms with Crippen LogP contribution in [0.25, 0.3) is 0 Å². The van der Waals surface area contributed by atoms with Gasteiger partial charge in [-0.05, 0) is 60.9 Å². The number of rotatable bonds is 8. The maximum Gasteiger partial charge on any atom is 0.343 e. The number of amides is 1. The summed E-state index contributed by atoms with van der Waals surface area (Å²) in [6.45, 7) is 1.94. The number of aliphatic imine (C=N–C) groups is 1. The number of nitrogens with zero attached hydrogens (tertiary/aromatic N) is 1. The first-order chi connectivity index (χ1) is 15.8. The van der Waals surface area contributed by atoms with Gasteiger partial charge in [-0.3, -0.25) is 4.79 Å². The molecule has 33 heavy (non-hydrogen) atoms.